The second-order valence-electron chi connectivity index (χ2n) is 5.94. The third-order valence-corrected chi connectivity index (χ3v) is 3.43. The Hall–Kier alpha value is -2.10. The maximum absolute atomic E-state index is 12.0. The molecule has 1 N–H and O–H groups in total. The maximum atomic E-state index is 12.0. The van der Waals surface area contributed by atoms with Crippen LogP contribution in [-0.4, -0.2) is 15.7 Å². The molecule has 1 amide bonds. The predicted octanol–water partition coefficient (Wildman–Crippen LogP) is 3.78. The molecule has 2 rings (SSSR count). The molecule has 0 fully saturated rings. The summed E-state index contributed by atoms with van der Waals surface area (Å²) >= 11 is 0. The fourth-order valence-corrected chi connectivity index (χ4v) is 2.32. The van der Waals surface area contributed by atoms with E-state index in [4.69, 9.17) is 0 Å². The number of nitrogens with one attached hydrogen (secondary N) is 1. The third-order valence-electron chi connectivity index (χ3n) is 3.43. The van der Waals surface area contributed by atoms with Crippen molar-refractivity contribution in [3.63, 3.8) is 0 Å². The molecule has 0 saturated heterocycles. The molecule has 1 heterocycles. The minimum absolute atomic E-state index is 0.0413. The predicted molar refractivity (Wildman–Crippen MR) is 85.9 cm³/mol. The van der Waals surface area contributed by atoms with E-state index in [9.17, 15) is 4.79 Å². The van der Waals surface area contributed by atoms with E-state index >= 15 is 0 Å². The Morgan fingerprint density at radius 3 is 2.38 bits per heavy atom. The Bertz CT molecular complexity index is 639. The fraction of sp³-hybridized carbons (Fsp3) is 0.412. The molecule has 0 spiro atoms. The molecule has 4 heteroatoms. The van der Waals surface area contributed by atoms with Gasteiger partial charge in [-0.2, -0.15) is 5.10 Å². The van der Waals surface area contributed by atoms with E-state index in [1.807, 2.05) is 44.5 Å². The Balaban J connectivity index is 2.29. The quantitative estimate of drug-likeness (QED) is 0.929. The van der Waals surface area contributed by atoms with E-state index in [1.54, 1.807) is 0 Å². The van der Waals surface area contributed by atoms with Crippen LogP contribution in [0.4, 0.5) is 5.69 Å². The van der Waals surface area contributed by atoms with Crippen molar-refractivity contribution in [3.8, 4) is 5.69 Å². The lowest BCUT2D eigenvalue weighted by atomic mass is 10.1. The fourth-order valence-electron chi connectivity index (χ4n) is 2.32. The monoisotopic (exact) mass is 285 g/mol. The number of rotatable bonds is 4. The Kier molecular flexibility index (Phi) is 4.46. The number of aryl methyl sites for hydroxylation is 2. The van der Waals surface area contributed by atoms with Crippen molar-refractivity contribution in [1.82, 2.24) is 9.78 Å². The zero-order valence-electron chi connectivity index (χ0n) is 13.4. The van der Waals surface area contributed by atoms with E-state index < -0.39 is 0 Å². The van der Waals surface area contributed by atoms with Gasteiger partial charge in [0.1, 0.15) is 0 Å². The van der Waals surface area contributed by atoms with Gasteiger partial charge < -0.3 is 5.32 Å². The molecule has 0 atom stereocenters. The second-order valence-corrected chi connectivity index (χ2v) is 5.94. The van der Waals surface area contributed by atoms with Gasteiger partial charge in [0, 0.05) is 6.42 Å². The van der Waals surface area contributed by atoms with E-state index in [0.29, 0.717) is 12.3 Å². The van der Waals surface area contributed by atoms with Crippen LogP contribution < -0.4 is 5.32 Å². The number of hydrogen-bond acceptors (Lipinski definition) is 2. The highest BCUT2D eigenvalue weighted by molar-refractivity contribution is 5.92. The van der Waals surface area contributed by atoms with Crippen LogP contribution in [0, 0.1) is 26.7 Å². The van der Waals surface area contributed by atoms with Crippen molar-refractivity contribution in [1.29, 1.82) is 0 Å². The Morgan fingerprint density at radius 1 is 1.19 bits per heavy atom. The minimum Gasteiger partial charge on any atom is -0.323 e. The number of aromatic nitrogens is 2. The highest BCUT2D eigenvalue weighted by atomic mass is 16.1. The van der Waals surface area contributed by atoms with Crippen molar-refractivity contribution in [2.75, 3.05) is 5.32 Å². The molecular formula is C17H23N3O. The summed E-state index contributed by atoms with van der Waals surface area (Å²) in [5, 5.41) is 7.53. The SMILES string of the molecule is Cc1ccc(-n2nc(C)c(NC(=O)CC(C)C)c2C)cc1. The molecule has 0 saturated carbocycles. The molecule has 0 unspecified atom stereocenters. The average Bonchev–Trinajstić information content (AvgIpc) is 2.67. The van der Waals surface area contributed by atoms with Crippen LogP contribution in [0.5, 0.6) is 0 Å². The summed E-state index contributed by atoms with van der Waals surface area (Å²) in [5.74, 6) is 0.386. The first-order chi connectivity index (χ1) is 9.88. The van der Waals surface area contributed by atoms with E-state index in [-0.39, 0.29) is 5.91 Å². The molecular weight excluding hydrogens is 262 g/mol. The van der Waals surface area contributed by atoms with E-state index in [1.165, 1.54) is 5.56 Å². The minimum atomic E-state index is 0.0413. The van der Waals surface area contributed by atoms with Gasteiger partial charge >= 0.3 is 0 Å². The highest BCUT2D eigenvalue weighted by Gasteiger charge is 2.15. The standard InChI is InChI=1S/C17H23N3O/c1-11(2)10-16(21)18-17-13(4)19-20(14(17)5)15-8-6-12(3)7-9-15/h6-9,11H,10H2,1-5H3,(H,18,21). The zero-order chi connectivity index (χ0) is 15.6. The number of carbonyl (C=O) groups is 1. The largest absolute Gasteiger partial charge is 0.323 e. The second kappa shape index (κ2) is 6.12. The van der Waals surface area contributed by atoms with Crippen molar-refractivity contribution in [3.05, 3.63) is 41.2 Å². The first kappa shape index (κ1) is 15.3. The van der Waals surface area contributed by atoms with Gasteiger partial charge in [-0.05, 0) is 38.8 Å². The number of nitrogens with zero attached hydrogens (tertiary/aromatic N) is 2. The van der Waals surface area contributed by atoms with Gasteiger partial charge in [-0.15, -0.1) is 0 Å². The topological polar surface area (TPSA) is 46.9 Å². The molecule has 0 aliphatic heterocycles. The molecule has 0 bridgehead atoms. The van der Waals surface area contributed by atoms with Crippen LogP contribution >= 0.6 is 0 Å². The van der Waals surface area contributed by atoms with Gasteiger partial charge in [0.15, 0.2) is 0 Å². The molecule has 4 nitrogen and oxygen atoms in total. The van der Waals surface area contributed by atoms with Crippen LogP contribution in [0.3, 0.4) is 0 Å². The summed E-state index contributed by atoms with van der Waals surface area (Å²) in [6, 6.07) is 8.19. The number of hydrogen-bond donors (Lipinski definition) is 1. The van der Waals surface area contributed by atoms with Gasteiger partial charge in [-0.1, -0.05) is 31.5 Å². The molecule has 112 valence electrons. The number of anilines is 1. The van der Waals surface area contributed by atoms with Crippen molar-refractivity contribution in [2.24, 2.45) is 5.92 Å². The lowest BCUT2D eigenvalue weighted by Gasteiger charge is -2.08. The first-order valence-electron chi connectivity index (χ1n) is 7.31. The molecule has 1 aromatic heterocycles. The highest BCUT2D eigenvalue weighted by Crippen LogP contribution is 2.23. The van der Waals surface area contributed by atoms with Gasteiger partial charge in [-0.25, -0.2) is 4.68 Å². The van der Waals surface area contributed by atoms with Crippen molar-refractivity contribution in [2.45, 2.75) is 41.0 Å². The van der Waals surface area contributed by atoms with Gasteiger partial charge in [-0.3, -0.25) is 4.79 Å². The smallest absolute Gasteiger partial charge is 0.224 e. The molecule has 0 aliphatic rings. The van der Waals surface area contributed by atoms with Crippen molar-refractivity contribution < 1.29 is 4.79 Å². The van der Waals surface area contributed by atoms with Crippen LogP contribution in [0.15, 0.2) is 24.3 Å². The zero-order valence-corrected chi connectivity index (χ0v) is 13.4. The molecule has 2 aromatic rings. The van der Waals surface area contributed by atoms with Crippen LogP contribution in [-0.2, 0) is 4.79 Å². The van der Waals surface area contributed by atoms with E-state index in [0.717, 1.165) is 22.8 Å². The number of carbonyl (C=O) groups excluding carboxylic acids is 1. The van der Waals surface area contributed by atoms with Crippen molar-refractivity contribution >= 4 is 11.6 Å². The van der Waals surface area contributed by atoms with Gasteiger partial charge in [0.25, 0.3) is 0 Å². The summed E-state index contributed by atoms with van der Waals surface area (Å²) in [5.41, 5.74) is 4.83. The van der Waals surface area contributed by atoms with Gasteiger partial charge in [0.2, 0.25) is 5.91 Å². The lowest BCUT2D eigenvalue weighted by molar-refractivity contribution is -0.116. The number of amides is 1. The Morgan fingerprint density at radius 2 is 1.81 bits per heavy atom. The van der Waals surface area contributed by atoms with Gasteiger partial charge in [0.05, 0.1) is 22.8 Å². The van der Waals surface area contributed by atoms with Crippen LogP contribution in [0.1, 0.15) is 37.2 Å². The van der Waals surface area contributed by atoms with E-state index in [2.05, 4.69) is 29.5 Å². The Labute approximate surface area is 126 Å². The summed E-state index contributed by atoms with van der Waals surface area (Å²) in [7, 11) is 0. The molecule has 1 aromatic carbocycles. The summed E-state index contributed by atoms with van der Waals surface area (Å²) < 4.78 is 1.87. The summed E-state index contributed by atoms with van der Waals surface area (Å²) in [6.07, 6.45) is 0.522. The number of benzene rings is 1. The third kappa shape index (κ3) is 3.51. The average molecular weight is 285 g/mol. The maximum Gasteiger partial charge on any atom is 0.224 e. The van der Waals surface area contributed by atoms with Crippen LogP contribution in [0.25, 0.3) is 5.69 Å². The lowest BCUT2D eigenvalue weighted by Crippen LogP contribution is -2.15. The van der Waals surface area contributed by atoms with Crippen LogP contribution in [0.2, 0.25) is 0 Å². The normalized spacial score (nSPS) is 11.0. The molecule has 21 heavy (non-hydrogen) atoms. The molecule has 0 radical (unpaired) electrons. The summed E-state index contributed by atoms with van der Waals surface area (Å²) in [6.45, 7) is 10.0. The summed E-state index contributed by atoms with van der Waals surface area (Å²) in [4.78, 5) is 12.0. The molecule has 0 aliphatic carbocycles. The first-order valence-corrected chi connectivity index (χ1v) is 7.31.